The maximum absolute atomic E-state index is 12.1. The van der Waals surface area contributed by atoms with Gasteiger partial charge >= 0.3 is 11.9 Å². The Hall–Kier alpha value is -1.39. The van der Waals surface area contributed by atoms with Crippen LogP contribution in [0.2, 0.25) is 0 Å². The number of rotatable bonds is 2. The van der Waals surface area contributed by atoms with Crippen LogP contribution in [0.4, 0.5) is 0 Å². The van der Waals surface area contributed by atoms with E-state index >= 15 is 0 Å². The molecule has 8 unspecified atom stereocenters. The maximum atomic E-state index is 12.1. The lowest BCUT2D eigenvalue weighted by Crippen LogP contribution is -2.50. The monoisotopic (exact) mass is 262 g/mol. The summed E-state index contributed by atoms with van der Waals surface area (Å²) in [4.78, 5) is 35.8. The molecule has 7 aliphatic rings. The first-order chi connectivity index (χ1) is 9.09. The zero-order valence-electron chi connectivity index (χ0n) is 10.4. The van der Waals surface area contributed by atoms with E-state index in [1.165, 1.54) is 7.11 Å². The maximum Gasteiger partial charge on any atom is 0.309 e. The first kappa shape index (κ1) is 10.4. The summed E-state index contributed by atoms with van der Waals surface area (Å²) in [7, 11) is 1.32. The van der Waals surface area contributed by atoms with Crippen LogP contribution in [0.1, 0.15) is 0 Å². The average molecular weight is 262 g/mol. The number of fused-ring (bicyclic) bond motifs is 1. The van der Waals surface area contributed by atoms with Gasteiger partial charge in [0, 0.05) is 11.8 Å². The standard InChI is InChI=1S/C14H14O5/c1-19-14(18)11-7-4-2-6(10(11)13(16)17)3-5(7)9(3)12(15)8(2)4/h2-11H,1H3,(H,16,17). The molecule has 100 valence electrons. The van der Waals surface area contributed by atoms with Gasteiger partial charge < -0.3 is 9.84 Å². The summed E-state index contributed by atoms with van der Waals surface area (Å²) in [6, 6.07) is 0. The number of Topliss-reactive ketones (excluding diaryl/α,β-unsaturated/α-hetero) is 1. The summed E-state index contributed by atoms with van der Waals surface area (Å²) in [5.74, 6) is -0.631. The molecule has 0 heterocycles. The largest absolute Gasteiger partial charge is 0.481 e. The molecular formula is C14H14O5. The molecule has 1 N–H and O–H groups in total. The Morgan fingerprint density at radius 2 is 1.42 bits per heavy atom. The number of ketones is 1. The fourth-order valence-electron chi connectivity index (χ4n) is 6.39. The fraction of sp³-hybridized carbons (Fsp3) is 0.786. The molecule has 7 saturated carbocycles. The van der Waals surface area contributed by atoms with E-state index in [9.17, 15) is 19.5 Å². The smallest absolute Gasteiger partial charge is 0.309 e. The summed E-state index contributed by atoms with van der Waals surface area (Å²) < 4.78 is 4.85. The molecule has 0 aromatic heterocycles. The number of carboxylic acids is 1. The second-order valence-electron chi connectivity index (χ2n) is 6.83. The van der Waals surface area contributed by atoms with E-state index in [1.807, 2.05) is 0 Å². The van der Waals surface area contributed by atoms with Crippen molar-refractivity contribution in [2.75, 3.05) is 7.11 Å². The number of aliphatic carboxylic acids is 1. The number of esters is 1. The van der Waals surface area contributed by atoms with Crippen LogP contribution in [0.15, 0.2) is 0 Å². The lowest BCUT2D eigenvalue weighted by atomic mass is 9.58. The Morgan fingerprint density at radius 3 is 1.84 bits per heavy atom. The second kappa shape index (κ2) is 2.72. The highest BCUT2D eigenvalue weighted by atomic mass is 16.5. The van der Waals surface area contributed by atoms with E-state index in [4.69, 9.17) is 4.74 Å². The summed E-state index contributed by atoms with van der Waals surface area (Å²) in [6.45, 7) is 0. The van der Waals surface area contributed by atoms with E-state index in [1.54, 1.807) is 0 Å². The molecule has 0 aliphatic heterocycles. The van der Waals surface area contributed by atoms with Crippen molar-refractivity contribution in [2.24, 2.45) is 59.2 Å². The van der Waals surface area contributed by atoms with Gasteiger partial charge in [-0.1, -0.05) is 0 Å². The van der Waals surface area contributed by atoms with Crippen molar-refractivity contribution < 1.29 is 24.2 Å². The van der Waals surface area contributed by atoms with E-state index in [-0.39, 0.29) is 53.3 Å². The van der Waals surface area contributed by atoms with Crippen LogP contribution in [0, 0.1) is 59.2 Å². The predicted molar refractivity (Wildman–Crippen MR) is 59.6 cm³/mol. The van der Waals surface area contributed by atoms with Gasteiger partial charge in [0.15, 0.2) is 0 Å². The van der Waals surface area contributed by atoms with Gasteiger partial charge in [-0.2, -0.15) is 0 Å². The van der Waals surface area contributed by atoms with Gasteiger partial charge in [-0.25, -0.2) is 0 Å². The van der Waals surface area contributed by atoms with E-state index in [0.717, 1.165) is 0 Å². The van der Waals surface area contributed by atoms with Crippen LogP contribution in [0.5, 0.6) is 0 Å². The summed E-state index contributed by atoms with van der Waals surface area (Å²) in [5.41, 5.74) is 0. The molecule has 0 amide bonds. The van der Waals surface area contributed by atoms with Gasteiger partial charge in [0.05, 0.1) is 18.9 Å². The molecule has 0 aromatic carbocycles. The first-order valence-corrected chi connectivity index (χ1v) is 6.94. The minimum absolute atomic E-state index is 0.0503. The molecule has 7 rings (SSSR count). The van der Waals surface area contributed by atoms with Crippen LogP contribution in [0.25, 0.3) is 0 Å². The Balaban J connectivity index is 1.65. The van der Waals surface area contributed by atoms with E-state index in [0.29, 0.717) is 5.78 Å². The minimum Gasteiger partial charge on any atom is -0.481 e. The van der Waals surface area contributed by atoms with Crippen molar-refractivity contribution in [3.05, 3.63) is 0 Å². The lowest BCUT2D eigenvalue weighted by Gasteiger charge is -2.44. The van der Waals surface area contributed by atoms with Gasteiger partial charge in [0.1, 0.15) is 5.78 Å². The molecule has 0 spiro atoms. The van der Waals surface area contributed by atoms with Crippen molar-refractivity contribution in [1.29, 1.82) is 0 Å². The normalized spacial score (nSPS) is 61.6. The zero-order chi connectivity index (χ0) is 13.2. The molecule has 19 heavy (non-hydrogen) atoms. The molecule has 8 atom stereocenters. The van der Waals surface area contributed by atoms with Crippen molar-refractivity contribution in [2.45, 2.75) is 0 Å². The van der Waals surface area contributed by atoms with Gasteiger partial charge in [-0.15, -0.1) is 0 Å². The number of carbonyl (C=O) groups excluding carboxylic acids is 2. The van der Waals surface area contributed by atoms with Crippen LogP contribution in [-0.2, 0) is 19.1 Å². The number of hydrogen-bond acceptors (Lipinski definition) is 4. The van der Waals surface area contributed by atoms with Crippen molar-refractivity contribution in [1.82, 2.24) is 0 Å². The number of methoxy groups -OCH3 is 1. The molecule has 0 aromatic rings. The number of ether oxygens (including phenoxy) is 1. The molecular weight excluding hydrogens is 248 g/mol. The highest BCUT2D eigenvalue weighted by Gasteiger charge is 2.88. The van der Waals surface area contributed by atoms with Crippen molar-refractivity contribution >= 4 is 17.7 Å². The molecule has 7 aliphatic carbocycles. The quantitative estimate of drug-likeness (QED) is 0.711. The number of hydrogen-bond donors (Lipinski definition) is 1. The SMILES string of the molecule is COC(=O)C1C(C(=O)O)C2C3C4C(=O)C5C2C5C1C43. The zero-order valence-corrected chi connectivity index (χ0v) is 10.4. The summed E-state index contributed by atoms with van der Waals surface area (Å²) in [6.07, 6.45) is 0. The third-order valence-electron chi connectivity index (χ3n) is 6.68. The molecule has 0 radical (unpaired) electrons. The summed E-state index contributed by atoms with van der Waals surface area (Å²) >= 11 is 0. The Kier molecular flexibility index (Phi) is 1.49. The van der Waals surface area contributed by atoms with Crippen molar-refractivity contribution in [3.63, 3.8) is 0 Å². The summed E-state index contributed by atoms with van der Waals surface area (Å²) in [5, 5.41) is 9.52. The predicted octanol–water partition coefficient (Wildman–Crippen LogP) is 0.0431. The third kappa shape index (κ3) is 0.849. The van der Waals surface area contributed by atoms with Gasteiger partial charge in [-0.05, 0) is 35.5 Å². The molecule has 7 fully saturated rings. The van der Waals surface area contributed by atoms with Gasteiger partial charge in [0.2, 0.25) is 0 Å². The molecule has 0 saturated heterocycles. The highest BCUT2D eigenvalue weighted by Crippen LogP contribution is 2.86. The van der Waals surface area contributed by atoms with E-state index in [2.05, 4.69) is 0 Å². The van der Waals surface area contributed by atoms with Gasteiger partial charge in [-0.3, -0.25) is 14.4 Å². The first-order valence-electron chi connectivity index (χ1n) is 6.94. The van der Waals surface area contributed by atoms with Crippen LogP contribution in [0.3, 0.4) is 0 Å². The van der Waals surface area contributed by atoms with Crippen molar-refractivity contribution in [3.8, 4) is 0 Å². The molecule has 8 bridgehead atoms. The Labute approximate surface area is 109 Å². The number of carboxylic acid groups (broad SMARTS) is 1. The fourth-order valence-corrected chi connectivity index (χ4v) is 6.39. The Bertz CT molecular complexity index is 528. The Morgan fingerprint density at radius 1 is 0.947 bits per heavy atom. The minimum atomic E-state index is -0.882. The topological polar surface area (TPSA) is 80.7 Å². The van der Waals surface area contributed by atoms with Crippen LogP contribution in [-0.4, -0.2) is 29.9 Å². The number of carbonyl (C=O) groups is 3. The van der Waals surface area contributed by atoms with Crippen LogP contribution >= 0.6 is 0 Å². The van der Waals surface area contributed by atoms with E-state index < -0.39 is 17.8 Å². The highest BCUT2D eigenvalue weighted by molar-refractivity contribution is 5.95. The third-order valence-corrected chi connectivity index (χ3v) is 6.68. The molecule has 5 heteroatoms. The van der Waals surface area contributed by atoms with Crippen LogP contribution < -0.4 is 0 Å². The molecule has 5 nitrogen and oxygen atoms in total. The second-order valence-corrected chi connectivity index (χ2v) is 6.83. The lowest BCUT2D eigenvalue weighted by molar-refractivity contribution is -0.169. The van der Waals surface area contributed by atoms with Gasteiger partial charge in [0.25, 0.3) is 0 Å². The average Bonchev–Trinajstić information content (AvgIpc) is 3.26.